The normalized spacial score (nSPS) is 18.4. The topological polar surface area (TPSA) is 86.6 Å². The van der Waals surface area contributed by atoms with Crippen LogP contribution in [0.15, 0.2) is 18.2 Å². The lowest BCUT2D eigenvalue weighted by Crippen LogP contribution is -2.15. The molecule has 0 saturated carbocycles. The average molecular weight is 207 g/mol. The molecule has 0 saturated heterocycles. The highest BCUT2D eigenvalue weighted by Crippen LogP contribution is 2.40. The Morgan fingerprint density at radius 2 is 2.20 bits per heavy atom. The number of phenolic OH excluding ortho intramolecular Hbond substituents is 1. The van der Waals surface area contributed by atoms with Crippen LogP contribution in [-0.2, 0) is 9.59 Å². The van der Waals surface area contributed by atoms with E-state index in [0.717, 1.165) is 0 Å². The summed E-state index contributed by atoms with van der Waals surface area (Å²) in [6.07, 6.45) is -0.309. The molecule has 0 spiro atoms. The van der Waals surface area contributed by atoms with Gasteiger partial charge in [0, 0.05) is 11.3 Å². The number of aliphatic carboxylic acids is 1. The summed E-state index contributed by atoms with van der Waals surface area (Å²) in [5.74, 6) is -2.28. The van der Waals surface area contributed by atoms with Crippen LogP contribution in [0.1, 0.15) is 17.9 Å². The Balaban J connectivity index is 2.44. The summed E-state index contributed by atoms with van der Waals surface area (Å²) < 4.78 is 0. The van der Waals surface area contributed by atoms with Crippen LogP contribution in [0, 0.1) is 0 Å². The van der Waals surface area contributed by atoms with Gasteiger partial charge in [0.2, 0.25) is 5.91 Å². The summed E-state index contributed by atoms with van der Waals surface area (Å²) in [7, 11) is 0. The summed E-state index contributed by atoms with van der Waals surface area (Å²) in [6.45, 7) is 0. The van der Waals surface area contributed by atoms with Crippen molar-refractivity contribution in [1.29, 1.82) is 0 Å². The van der Waals surface area contributed by atoms with Gasteiger partial charge in [-0.2, -0.15) is 0 Å². The fourth-order valence-electron chi connectivity index (χ4n) is 1.75. The van der Waals surface area contributed by atoms with Gasteiger partial charge in [0.05, 0.1) is 12.3 Å². The lowest BCUT2D eigenvalue weighted by Gasteiger charge is -2.06. The molecule has 1 aromatic rings. The van der Waals surface area contributed by atoms with Crippen molar-refractivity contribution in [3.05, 3.63) is 23.8 Å². The number of rotatable bonds is 2. The number of carbonyl (C=O) groups is 2. The van der Waals surface area contributed by atoms with Crippen molar-refractivity contribution in [2.75, 3.05) is 5.32 Å². The Morgan fingerprint density at radius 3 is 2.87 bits per heavy atom. The molecule has 0 radical (unpaired) electrons. The van der Waals surface area contributed by atoms with E-state index in [1.165, 1.54) is 6.07 Å². The van der Waals surface area contributed by atoms with Crippen molar-refractivity contribution in [3.8, 4) is 5.75 Å². The first-order valence-corrected chi connectivity index (χ1v) is 4.44. The van der Waals surface area contributed by atoms with Gasteiger partial charge in [-0.25, -0.2) is 0 Å². The van der Waals surface area contributed by atoms with Gasteiger partial charge in [-0.15, -0.1) is 0 Å². The third-order valence-corrected chi connectivity index (χ3v) is 2.38. The van der Waals surface area contributed by atoms with Gasteiger partial charge in [-0.05, 0) is 12.1 Å². The van der Waals surface area contributed by atoms with Crippen LogP contribution in [-0.4, -0.2) is 22.1 Å². The molecule has 15 heavy (non-hydrogen) atoms. The maximum Gasteiger partial charge on any atom is 0.304 e. The first-order chi connectivity index (χ1) is 7.09. The van der Waals surface area contributed by atoms with E-state index in [-0.39, 0.29) is 18.1 Å². The molecule has 1 unspecified atom stereocenters. The third kappa shape index (κ3) is 1.52. The second-order valence-electron chi connectivity index (χ2n) is 3.38. The number of nitrogens with one attached hydrogen (secondary N) is 1. The number of carboxylic acids is 1. The van der Waals surface area contributed by atoms with E-state index in [1.54, 1.807) is 12.1 Å². The number of hydrogen-bond donors (Lipinski definition) is 3. The minimum Gasteiger partial charge on any atom is -0.508 e. The van der Waals surface area contributed by atoms with Crippen molar-refractivity contribution in [1.82, 2.24) is 0 Å². The van der Waals surface area contributed by atoms with E-state index >= 15 is 0 Å². The number of anilines is 1. The molecule has 3 N–H and O–H groups in total. The smallest absolute Gasteiger partial charge is 0.304 e. The van der Waals surface area contributed by atoms with Gasteiger partial charge in [0.15, 0.2) is 0 Å². The van der Waals surface area contributed by atoms with E-state index in [1.807, 2.05) is 0 Å². The fraction of sp³-hybridized carbons (Fsp3) is 0.200. The Labute approximate surface area is 85.3 Å². The number of carbonyl (C=O) groups excluding carboxylic acids is 1. The van der Waals surface area contributed by atoms with Crippen LogP contribution in [0.4, 0.5) is 5.69 Å². The SMILES string of the molecule is O=C(O)CC1C(=O)Nc2cccc(O)c21. The number of carboxylic acid groups (broad SMARTS) is 1. The lowest BCUT2D eigenvalue weighted by molar-refractivity contribution is -0.138. The third-order valence-electron chi connectivity index (χ3n) is 2.38. The molecule has 0 aromatic heterocycles. The van der Waals surface area contributed by atoms with E-state index < -0.39 is 11.9 Å². The van der Waals surface area contributed by atoms with Crippen molar-refractivity contribution in [3.63, 3.8) is 0 Å². The molecule has 1 amide bonds. The number of fused-ring (bicyclic) bond motifs is 1. The Hall–Kier alpha value is -2.04. The van der Waals surface area contributed by atoms with Gasteiger partial charge in [-0.3, -0.25) is 9.59 Å². The second kappa shape index (κ2) is 3.27. The van der Waals surface area contributed by atoms with E-state index in [4.69, 9.17) is 5.11 Å². The van der Waals surface area contributed by atoms with Crippen LogP contribution < -0.4 is 5.32 Å². The van der Waals surface area contributed by atoms with E-state index in [9.17, 15) is 14.7 Å². The molecule has 2 rings (SSSR count). The first-order valence-electron chi connectivity index (χ1n) is 4.44. The largest absolute Gasteiger partial charge is 0.508 e. The monoisotopic (exact) mass is 207 g/mol. The van der Waals surface area contributed by atoms with E-state index in [0.29, 0.717) is 11.3 Å². The highest BCUT2D eigenvalue weighted by atomic mass is 16.4. The molecule has 1 aliphatic rings. The second-order valence-corrected chi connectivity index (χ2v) is 3.38. The summed E-state index contributed by atoms with van der Waals surface area (Å²) >= 11 is 0. The quantitative estimate of drug-likeness (QED) is 0.672. The maximum atomic E-state index is 11.4. The molecule has 0 fully saturated rings. The molecule has 1 heterocycles. The standard InChI is InChI=1S/C10H9NO4/c12-7-3-1-2-6-9(7)5(4-8(13)14)10(15)11-6/h1-3,5,12H,4H2,(H,11,15)(H,13,14). The number of amides is 1. The van der Waals surface area contributed by atoms with Gasteiger partial charge < -0.3 is 15.5 Å². The van der Waals surface area contributed by atoms with Crippen molar-refractivity contribution >= 4 is 17.6 Å². The molecular formula is C10H9NO4. The van der Waals surface area contributed by atoms with Crippen molar-refractivity contribution in [2.24, 2.45) is 0 Å². The van der Waals surface area contributed by atoms with Crippen LogP contribution >= 0.6 is 0 Å². The average Bonchev–Trinajstić information content (AvgIpc) is 2.43. The van der Waals surface area contributed by atoms with Crippen LogP contribution in [0.3, 0.4) is 0 Å². The van der Waals surface area contributed by atoms with Crippen LogP contribution in [0.25, 0.3) is 0 Å². The Bertz CT molecular complexity index is 441. The predicted molar refractivity (Wildman–Crippen MR) is 51.7 cm³/mol. The number of benzene rings is 1. The van der Waals surface area contributed by atoms with Gasteiger partial charge in [0.25, 0.3) is 0 Å². The van der Waals surface area contributed by atoms with Crippen LogP contribution in [0.2, 0.25) is 0 Å². The number of phenols is 1. The molecule has 5 heteroatoms. The van der Waals surface area contributed by atoms with E-state index in [2.05, 4.69) is 5.32 Å². The molecule has 1 atom stereocenters. The number of aromatic hydroxyl groups is 1. The first kappa shape index (κ1) is 9.51. The molecule has 1 aliphatic heterocycles. The summed E-state index contributed by atoms with van der Waals surface area (Å²) in [4.78, 5) is 22.0. The summed E-state index contributed by atoms with van der Waals surface area (Å²) in [5.41, 5.74) is 0.871. The highest BCUT2D eigenvalue weighted by Gasteiger charge is 2.34. The zero-order valence-electron chi connectivity index (χ0n) is 7.73. The minimum absolute atomic E-state index is 0.0444. The molecule has 5 nitrogen and oxygen atoms in total. The predicted octanol–water partition coefficient (Wildman–Crippen LogP) is 0.903. The molecule has 78 valence electrons. The minimum atomic E-state index is -1.06. The highest BCUT2D eigenvalue weighted by molar-refractivity contribution is 6.05. The molecule has 0 aliphatic carbocycles. The van der Waals surface area contributed by atoms with Crippen molar-refractivity contribution < 1.29 is 19.8 Å². The zero-order chi connectivity index (χ0) is 11.0. The number of hydrogen-bond acceptors (Lipinski definition) is 3. The molecule has 0 bridgehead atoms. The van der Waals surface area contributed by atoms with Crippen molar-refractivity contribution in [2.45, 2.75) is 12.3 Å². The van der Waals surface area contributed by atoms with Gasteiger partial charge in [0.1, 0.15) is 5.75 Å². The summed E-state index contributed by atoms with van der Waals surface area (Å²) in [5, 5.41) is 20.7. The zero-order valence-corrected chi connectivity index (χ0v) is 7.73. The molecular weight excluding hydrogens is 198 g/mol. The molecule has 1 aromatic carbocycles. The van der Waals surface area contributed by atoms with Crippen LogP contribution in [0.5, 0.6) is 5.75 Å². The fourth-order valence-corrected chi connectivity index (χ4v) is 1.75. The Morgan fingerprint density at radius 1 is 1.47 bits per heavy atom. The van der Waals surface area contributed by atoms with Gasteiger partial charge in [-0.1, -0.05) is 6.07 Å². The lowest BCUT2D eigenvalue weighted by atomic mass is 9.96. The Kier molecular flexibility index (Phi) is 2.07. The summed E-state index contributed by atoms with van der Waals surface area (Å²) in [6, 6.07) is 4.67. The van der Waals surface area contributed by atoms with Gasteiger partial charge >= 0.3 is 5.97 Å². The maximum absolute atomic E-state index is 11.4.